The van der Waals surface area contributed by atoms with E-state index in [0.29, 0.717) is 11.3 Å². The second-order valence-electron chi connectivity index (χ2n) is 5.70. The van der Waals surface area contributed by atoms with Crippen LogP contribution >= 0.6 is 0 Å². The molecule has 118 valence electrons. The molecular formula is C18H22O4. The maximum atomic E-state index is 11.8. The van der Waals surface area contributed by atoms with E-state index in [-0.39, 0.29) is 11.4 Å². The lowest BCUT2D eigenvalue weighted by Gasteiger charge is -2.16. The van der Waals surface area contributed by atoms with Crippen LogP contribution < -0.4 is 10.4 Å². The van der Waals surface area contributed by atoms with E-state index >= 15 is 0 Å². The van der Waals surface area contributed by atoms with Crippen molar-refractivity contribution in [2.75, 3.05) is 0 Å². The van der Waals surface area contributed by atoms with E-state index in [9.17, 15) is 9.59 Å². The van der Waals surface area contributed by atoms with Gasteiger partial charge in [0, 0.05) is 6.07 Å². The minimum atomic E-state index is -0.532. The molecule has 0 aliphatic heterocycles. The number of unbranched alkanes of at least 4 members (excludes halogenated alkanes) is 1. The SMILES string of the molecule is CCCCc1cc(=O)oc2cc(C)cc(O[C@H](C)C(C)=O)c12. The molecule has 0 spiro atoms. The molecule has 4 nitrogen and oxygen atoms in total. The Hall–Kier alpha value is -2.10. The molecule has 0 amide bonds. The molecule has 0 saturated heterocycles. The number of benzene rings is 1. The number of hydrogen-bond donors (Lipinski definition) is 0. The van der Waals surface area contributed by atoms with Crippen LogP contribution in [0.1, 0.15) is 44.7 Å². The van der Waals surface area contributed by atoms with Crippen molar-refractivity contribution >= 4 is 16.8 Å². The first-order valence-corrected chi connectivity index (χ1v) is 7.67. The van der Waals surface area contributed by atoms with Gasteiger partial charge in [-0.3, -0.25) is 4.79 Å². The van der Waals surface area contributed by atoms with Crippen LogP contribution in [-0.2, 0) is 11.2 Å². The second-order valence-corrected chi connectivity index (χ2v) is 5.70. The van der Waals surface area contributed by atoms with Crippen molar-refractivity contribution in [3.8, 4) is 5.75 Å². The molecule has 1 atom stereocenters. The van der Waals surface area contributed by atoms with E-state index in [0.717, 1.165) is 35.8 Å². The lowest BCUT2D eigenvalue weighted by Crippen LogP contribution is -2.21. The third kappa shape index (κ3) is 3.56. The highest BCUT2D eigenvalue weighted by atomic mass is 16.5. The number of rotatable bonds is 6. The van der Waals surface area contributed by atoms with Gasteiger partial charge in [-0.1, -0.05) is 13.3 Å². The lowest BCUT2D eigenvalue weighted by molar-refractivity contribution is -0.122. The van der Waals surface area contributed by atoms with Crippen LogP contribution in [0.5, 0.6) is 5.75 Å². The summed E-state index contributed by atoms with van der Waals surface area (Å²) in [6.07, 6.45) is 2.27. The van der Waals surface area contributed by atoms with E-state index in [2.05, 4.69) is 6.92 Å². The fraction of sp³-hybridized carbons (Fsp3) is 0.444. The van der Waals surface area contributed by atoms with Crippen LogP contribution in [0.25, 0.3) is 11.0 Å². The molecule has 0 aliphatic carbocycles. The summed E-state index contributed by atoms with van der Waals surface area (Å²) in [5, 5.41) is 0.798. The van der Waals surface area contributed by atoms with Gasteiger partial charge in [0.25, 0.3) is 0 Å². The normalized spacial score (nSPS) is 12.4. The summed E-state index contributed by atoms with van der Waals surface area (Å²) in [4.78, 5) is 23.2. The fourth-order valence-electron chi connectivity index (χ4n) is 2.40. The van der Waals surface area contributed by atoms with Crippen LogP contribution in [-0.4, -0.2) is 11.9 Å². The molecule has 1 aromatic carbocycles. The van der Waals surface area contributed by atoms with Crippen molar-refractivity contribution in [2.24, 2.45) is 0 Å². The van der Waals surface area contributed by atoms with Gasteiger partial charge in [0.15, 0.2) is 11.9 Å². The first kappa shape index (κ1) is 16.3. The number of ketones is 1. The third-order valence-corrected chi connectivity index (χ3v) is 3.71. The molecule has 0 bridgehead atoms. The smallest absolute Gasteiger partial charge is 0.336 e. The average Bonchev–Trinajstić information content (AvgIpc) is 2.43. The Morgan fingerprint density at radius 2 is 2.05 bits per heavy atom. The number of fused-ring (bicyclic) bond motifs is 1. The molecule has 2 rings (SSSR count). The van der Waals surface area contributed by atoms with Gasteiger partial charge in [-0.25, -0.2) is 4.79 Å². The maximum Gasteiger partial charge on any atom is 0.336 e. The number of Topliss-reactive ketones (excluding diaryl/α,β-unsaturated/α-hetero) is 1. The third-order valence-electron chi connectivity index (χ3n) is 3.71. The van der Waals surface area contributed by atoms with Gasteiger partial charge in [-0.05, 0) is 56.9 Å². The molecule has 4 heteroatoms. The summed E-state index contributed by atoms with van der Waals surface area (Å²) in [6.45, 7) is 7.23. The highest BCUT2D eigenvalue weighted by Crippen LogP contribution is 2.31. The van der Waals surface area contributed by atoms with E-state index in [1.54, 1.807) is 6.92 Å². The van der Waals surface area contributed by atoms with Crippen LogP contribution in [0.3, 0.4) is 0 Å². The van der Waals surface area contributed by atoms with Crippen LogP contribution in [0.15, 0.2) is 27.4 Å². The minimum Gasteiger partial charge on any atom is -0.482 e. The Bertz CT molecular complexity index is 743. The van der Waals surface area contributed by atoms with Crippen molar-refractivity contribution < 1.29 is 13.9 Å². The quantitative estimate of drug-likeness (QED) is 0.762. The summed E-state index contributed by atoms with van der Waals surface area (Å²) in [7, 11) is 0. The molecule has 0 unspecified atom stereocenters. The second kappa shape index (κ2) is 6.77. The Kier molecular flexibility index (Phi) is 5.01. The summed E-state index contributed by atoms with van der Waals surface area (Å²) in [5.41, 5.74) is 2.01. The molecule has 0 aliphatic rings. The Morgan fingerprint density at radius 3 is 2.68 bits per heavy atom. The molecule has 22 heavy (non-hydrogen) atoms. The predicted octanol–water partition coefficient (Wildman–Crippen LogP) is 3.80. The van der Waals surface area contributed by atoms with Gasteiger partial charge < -0.3 is 9.15 Å². The largest absolute Gasteiger partial charge is 0.482 e. The Morgan fingerprint density at radius 1 is 1.32 bits per heavy atom. The van der Waals surface area contributed by atoms with Crippen molar-refractivity contribution in [3.05, 3.63) is 39.7 Å². The minimum absolute atomic E-state index is 0.0397. The maximum absolute atomic E-state index is 11.8. The average molecular weight is 302 g/mol. The van der Waals surface area contributed by atoms with E-state index in [1.807, 2.05) is 19.1 Å². The zero-order valence-electron chi connectivity index (χ0n) is 13.6. The standard InChI is InChI=1S/C18H22O4/c1-5-6-7-14-10-17(20)22-16-9-11(2)8-15(18(14)16)21-13(4)12(3)19/h8-10,13H,5-7H2,1-4H3/t13-/m1/s1. The van der Waals surface area contributed by atoms with Gasteiger partial charge in [0.05, 0.1) is 5.39 Å². The van der Waals surface area contributed by atoms with E-state index < -0.39 is 6.10 Å². The molecule has 0 fully saturated rings. The molecule has 2 aromatic rings. The highest BCUT2D eigenvalue weighted by Gasteiger charge is 2.16. The van der Waals surface area contributed by atoms with Crippen molar-refractivity contribution in [3.63, 3.8) is 0 Å². The molecule has 0 saturated carbocycles. The Labute approximate surface area is 130 Å². The number of carbonyl (C=O) groups excluding carboxylic acids is 1. The topological polar surface area (TPSA) is 56.5 Å². The van der Waals surface area contributed by atoms with Crippen molar-refractivity contribution in [2.45, 2.75) is 53.1 Å². The number of hydrogen-bond acceptors (Lipinski definition) is 4. The van der Waals surface area contributed by atoms with Gasteiger partial charge in [-0.2, -0.15) is 0 Å². The van der Waals surface area contributed by atoms with Gasteiger partial charge in [-0.15, -0.1) is 0 Å². The summed E-state index contributed by atoms with van der Waals surface area (Å²) < 4.78 is 11.1. The van der Waals surface area contributed by atoms with E-state index in [1.165, 1.54) is 13.0 Å². The van der Waals surface area contributed by atoms with Gasteiger partial charge in [0.1, 0.15) is 11.3 Å². The molecule has 1 aromatic heterocycles. The van der Waals surface area contributed by atoms with Gasteiger partial charge in [0.2, 0.25) is 0 Å². The predicted molar refractivity (Wildman–Crippen MR) is 86.6 cm³/mol. The highest BCUT2D eigenvalue weighted by molar-refractivity contribution is 5.88. The van der Waals surface area contributed by atoms with Crippen LogP contribution in [0, 0.1) is 6.92 Å². The van der Waals surface area contributed by atoms with E-state index in [4.69, 9.17) is 9.15 Å². The first-order valence-electron chi connectivity index (χ1n) is 7.67. The van der Waals surface area contributed by atoms with Gasteiger partial charge >= 0.3 is 5.63 Å². The zero-order chi connectivity index (χ0) is 16.3. The zero-order valence-corrected chi connectivity index (χ0v) is 13.6. The molecule has 1 heterocycles. The van der Waals surface area contributed by atoms with Crippen molar-refractivity contribution in [1.29, 1.82) is 0 Å². The number of ether oxygens (including phenoxy) is 1. The monoisotopic (exact) mass is 302 g/mol. The molecular weight excluding hydrogens is 280 g/mol. The lowest BCUT2D eigenvalue weighted by atomic mass is 10.0. The Balaban J connectivity index is 2.62. The number of carbonyl (C=O) groups is 1. The summed E-state index contributed by atoms with van der Waals surface area (Å²) in [6, 6.07) is 5.24. The summed E-state index contributed by atoms with van der Waals surface area (Å²) >= 11 is 0. The summed E-state index contributed by atoms with van der Waals surface area (Å²) in [5.74, 6) is 0.565. The first-order chi connectivity index (χ1) is 10.4. The molecule has 0 radical (unpaired) electrons. The fourth-order valence-corrected chi connectivity index (χ4v) is 2.40. The van der Waals surface area contributed by atoms with Crippen molar-refractivity contribution in [1.82, 2.24) is 0 Å². The van der Waals surface area contributed by atoms with Crippen LogP contribution in [0.4, 0.5) is 0 Å². The van der Waals surface area contributed by atoms with Crippen LogP contribution in [0.2, 0.25) is 0 Å². The molecule has 0 N–H and O–H groups in total. The number of aryl methyl sites for hydroxylation is 2.